The van der Waals surface area contributed by atoms with Crippen LogP contribution in [-0.2, 0) is 6.42 Å². The van der Waals surface area contributed by atoms with Crippen LogP contribution in [0, 0.1) is 20.8 Å². The number of rotatable bonds is 6. The minimum atomic E-state index is -0.0859. The number of pyridine rings is 1. The first-order valence-electron chi connectivity index (χ1n) is 12.4. The lowest BCUT2D eigenvalue weighted by atomic mass is 9.96. The number of nitrogens with one attached hydrogen (secondary N) is 1. The molecule has 1 aliphatic rings. The molecule has 3 heterocycles. The fraction of sp³-hybridized carbons (Fsp3) is 0.267. The smallest absolute Gasteiger partial charge is 0.174 e. The van der Waals surface area contributed by atoms with Crippen molar-refractivity contribution in [3.05, 3.63) is 107 Å². The molecule has 0 bridgehead atoms. The molecule has 5 rings (SSSR count). The van der Waals surface area contributed by atoms with Crippen LogP contribution in [-0.4, -0.2) is 21.8 Å². The van der Waals surface area contributed by atoms with E-state index in [0.717, 1.165) is 23.6 Å². The van der Waals surface area contributed by atoms with E-state index in [1.54, 1.807) is 7.11 Å². The maximum atomic E-state index is 5.92. The van der Waals surface area contributed by atoms with Crippen molar-refractivity contribution in [3.8, 4) is 11.4 Å². The molecular weight excluding hydrogens is 464 g/mol. The zero-order valence-corrected chi connectivity index (χ0v) is 22.3. The van der Waals surface area contributed by atoms with Crippen LogP contribution in [0.3, 0.4) is 0 Å². The fourth-order valence-electron chi connectivity index (χ4n) is 5.45. The van der Waals surface area contributed by atoms with E-state index in [4.69, 9.17) is 21.9 Å². The van der Waals surface area contributed by atoms with Gasteiger partial charge in [0.15, 0.2) is 5.11 Å². The van der Waals surface area contributed by atoms with Crippen molar-refractivity contribution in [1.82, 2.24) is 14.9 Å². The minimum Gasteiger partial charge on any atom is -0.497 e. The topological polar surface area (TPSA) is 42.3 Å². The summed E-state index contributed by atoms with van der Waals surface area (Å²) in [6.45, 7) is 8.82. The van der Waals surface area contributed by atoms with Crippen molar-refractivity contribution in [1.29, 1.82) is 0 Å². The number of ether oxygens (including phenoxy) is 1. The zero-order chi connectivity index (χ0) is 25.4. The van der Waals surface area contributed by atoms with Crippen molar-refractivity contribution in [3.63, 3.8) is 0 Å². The summed E-state index contributed by atoms with van der Waals surface area (Å²) in [4.78, 5) is 6.93. The highest BCUT2D eigenvalue weighted by Gasteiger charge is 2.42. The van der Waals surface area contributed by atoms with Gasteiger partial charge in [-0.15, -0.1) is 0 Å². The van der Waals surface area contributed by atoms with E-state index < -0.39 is 0 Å². The lowest BCUT2D eigenvalue weighted by Gasteiger charge is -2.28. The van der Waals surface area contributed by atoms with Crippen LogP contribution in [0.1, 0.15) is 52.8 Å². The summed E-state index contributed by atoms with van der Waals surface area (Å²) < 4.78 is 7.81. The van der Waals surface area contributed by atoms with Gasteiger partial charge in [0.1, 0.15) is 5.75 Å². The summed E-state index contributed by atoms with van der Waals surface area (Å²) in [6, 6.07) is 22.9. The second kappa shape index (κ2) is 9.78. The van der Waals surface area contributed by atoms with E-state index in [2.05, 4.69) is 84.9 Å². The first-order chi connectivity index (χ1) is 17.4. The van der Waals surface area contributed by atoms with E-state index in [1.165, 1.54) is 33.8 Å². The molecule has 36 heavy (non-hydrogen) atoms. The molecule has 2 atom stereocenters. The predicted octanol–water partition coefficient (Wildman–Crippen LogP) is 6.55. The highest BCUT2D eigenvalue weighted by molar-refractivity contribution is 7.80. The standard InChI is InChI=1S/C30H32N4OS/c1-6-22-11-9-10-19(2)28(22)33-20(3)18-25(21(33)4)29-27(26-12-7-8-17-31-26)32-30(36)34(29)23-13-15-24(35-5)16-14-23/h7-18,27,29H,6H2,1-5H3,(H,32,36). The molecule has 1 saturated heterocycles. The number of hydrogen-bond donors (Lipinski definition) is 1. The minimum absolute atomic E-state index is 0.0603. The van der Waals surface area contributed by atoms with Crippen molar-refractivity contribution >= 4 is 23.0 Å². The summed E-state index contributed by atoms with van der Waals surface area (Å²) >= 11 is 5.92. The Morgan fingerprint density at radius 3 is 2.44 bits per heavy atom. The Bertz CT molecular complexity index is 1390. The molecule has 0 saturated carbocycles. The molecule has 5 nitrogen and oxygen atoms in total. The summed E-state index contributed by atoms with van der Waals surface area (Å²) in [5.74, 6) is 0.819. The van der Waals surface area contributed by atoms with Crippen LogP contribution in [0.4, 0.5) is 5.69 Å². The Morgan fingerprint density at radius 2 is 1.78 bits per heavy atom. The SMILES string of the molecule is CCc1cccc(C)c1-n1c(C)cc(C2C(c3ccccn3)NC(=S)N2c2ccc(OC)cc2)c1C. The molecule has 0 aliphatic carbocycles. The Kier molecular flexibility index (Phi) is 6.54. The van der Waals surface area contributed by atoms with Gasteiger partial charge in [-0.3, -0.25) is 4.98 Å². The van der Waals surface area contributed by atoms with Crippen LogP contribution in [0.5, 0.6) is 5.75 Å². The van der Waals surface area contributed by atoms with Crippen LogP contribution in [0.15, 0.2) is 72.9 Å². The summed E-state index contributed by atoms with van der Waals surface area (Å²) in [6.07, 6.45) is 2.82. The van der Waals surface area contributed by atoms with Gasteiger partial charge in [-0.2, -0.15) is 0 Å². The number of aryl methyl sites for hydroxylation is 3. The Morgan fingerprint density at radius 1 is 1.00 bits per heavy atom. The molecule has 184 valence electrons. The molecule has 2 aromatic carbocycles. The molecule has 0 spiro atoms. The quantitative estimate of drug-likeness (QED) is 0.307. The average Bonchev–Trinajstić information content (AvgIpc) is 3.39. The first-order valence-corrected chi connectivity index (χ1v) is 12.8. The Balaban J connectivity index is 1.70. The van der Waals surface area contributed by atoms with Gasteiger partial charge in [-0.25, -0.2) is 0 Å². The summed E-state index contributed by atoms with van der Waals surface area (Å²) in [5, 5.41) is 4.27. The second-order valence-corrected chi connectivity index (χ2v) is 9.68. The molecule has 2 unspecified atom stereocenters. The number of thiocarbonyl (C=S) groups is 1. The number of anilines is 1. The van der Waals surface area contributed by atoms with Gasteiger partial charge in [-0.1, -0.05) is 31.2 Å². The van der Waals surface area contributed by atoms with Crippen molar-refractivity contribution in [2.75, 3.05) is 12.0 Å². The van der Waals surface area contributed by atoms with Crippen molar-refractivity contribution < 1.29 is 4.74 Å². The third-order valence-corrected chi connectivity index (χ3v) is 7.48. The number of nitrogens with zero attached hydrogens (tertiary/aromatic N) is 3. The molecule has 1 fully saturated rings. The maximum Gasteiger partial charge on any atom is 0.174 e. The van der Waals surface area contributed by atoms with Crippen LogP contribution < -0.4 is 15.0 Å². The largest absolute Gasteiger partial charge is 0.497 e. The number of methoxy groups -OCH3 is 1. The van der Waals surface area contributed by atoms with E-state index in [9.17, 15) is 0 Å². The lowest BCUT2D eigenvalue weighted by molar-refractivity contribution is 0.415. The molecule has 1 aliphatic heterocycles. The lowest BCUT2D eigenvalue weighted by Crippen LogP contribution is -2.29. The van der Waals surface area contributed by atoms with Crippen LogP contribution in [0.25, 0.3) is 5.69 Å². The normalized spacial score (nSPS) is 17.4. The fourth-order valence-corrected chi connectivity index (χ4v) is 5.79. The van der Waals surface area contributed by atoms with E-state index in [0.29, 0.717) is 5.11 Å². The average molecular weight is 497 g/mol. The number of hydrogen-bond acceptors (Lipinski definition) is 3. The highest BCUT2D eigenvalue weighted by atomic mass is 32.1. The first kappa shape index (κ1) is 24.1. The second-order valence-electron chi connectivity index (χ2n) is 9.29. The molecule has 4 aromatic rings. The number of benzene rings is 2. The summed E-state index contributed by atoms with van der Waals surface area (Å²) in [7, 11) is 1.68. The van der Waals surface area contributed by atoms with E-state index in [1.807, 2.05) is 30.5 Å². The van der Waals surface area contributed by atoms with Gasteiger partial charge < -0.3 is 19.5 Å². The van der Waals surface area contributed by atoms with Crippen LogP contribution >= 0.6 is 12.2 Å². The van der Waals surface area contributed by atoms with Gasteiger partial charge in [0, 0.05) is 23.3 Å². The van der Waals surface area contributed by atoms with Gasteiger partial charge >= 0.3 is 0 Å². The third-order valence-electron chi connectivity index (χ3n) is 7.16. The molecular formula is C30H32N4OS. The van der Waals surface area contributed by atoms with Gasteiger partial charge in [0.25, 0.3) is 0 Å². The monoisotopic (exact) mass is 496 g/mol. The Labute approximate surface area is 218 Å². The zero-order valence-electron chi connectivity index (χ0n) is 21.4. The van der Waals surface area contributed by atoms with Crippen molar-refractivity contribution in [2.24, 2.45) is 0 Å². The molecule has 0 amide bonds. The molecule has 2 aromatic heterocycles. The third kappa shape index (κ3) is 4.05. The van der Waals surface area contributed by atoms with Gasteiger partial charge in [0.05, 0.1) is 30.6 Å². The molecule has 6 heteroatoms. The van der Waals surface area contributed by atoms with Crippen molar-refractivity contribution in [2.45, 2.75) is 46.2 Å². The van der Waals surface area contributed by atoms with E-state index in [-0.39, 0.29) is 12.1 Å². The molecule has 0 radical (unpaired) electrons. The predicted molar refractivity (Wildman–Crippen MR) is 150 cm³/mol. The van der Waals surface area contributed by atoms with Crippen LogP contribution in [0.2, 0.25) is 0 Å². The summed E-state index contributed by atoms with van der Waals surface area (Å²) in [5.41, 5.74) is 9.54. The molecule has 1 N–H and O–H groups in total. The number of para-hydroxylation sites is 1. The van der Waals surface area contributed by atoms with Gasteiger partial charge in [0.2, 0.25) is 0 Å². The highest BCUT2D eigenvalue weighted by Crippen LogP contribution is 2.44. The Hall–Kier alpha value is -3.64. The number of aromatic nitrogens is 2. The van der Waals surface area contributed by atoms with Gasteiger partial charge in [-0.05, 0) is 98.6 Å². The van der Waals surface area contributed by atoms with E-state index >= 15 is 0 Å². The maximum absolute atomic E-state index is 5.92.